The maximum Gasteiger partial charge on any atom is 0.330 e. The van der Waals surface area contributed by atoms with Crippen LogP contribution < -0.4 is 0 Å². The predicted octanol–water partition coefficient (Wildman–Crippen LogP) is 3.83. The van der Waals surface area contributed by atoms with Crippen molar-refractivity contribution >= 4 is 22.8 Å². The molecule has 0 fully saturated rings. The standard InChI is InChI=1S/C17H21ClO3/c1-2-17(20)21-13-5-3-4-6-14-7-9-15(10-8-14)11-12-16(18)19/h2,7-10H,1,3-6,11-13H2. The predicted molar refractivity (Wildman–Crippen MR) is 84.3 cm³/mol. The van der Waals surface area contributed by atoms with E-state index in [0.717, 1.165) is 31.2 Å². The van der Waals surface area contributed by atoms with Crippen molar-refractivity contribution in [2.45, 2.75) is 38.5 Å². The molecule has 0 unspecified atom stereocenters. The second-order valence-electron chi connectivity index (χ2n) is 4.85. The molecule has 0 radical (unpaired) electrons. The van der Waals surface area contributed by atoms with E-state index in [2.05, 4.69) is 18.7 Å². The summed E-state index contributed by atoms with van der Waals surface area (Å²) < 4.78 is 4.91. The number of hydrogen-bond donors (Lipinski definition) is 0. The second kappa shape index (κ2) is 10.2. The van der Waals surface area contributed by atoms with E-state index in [4.69, 9.17) is 16.3 Å². The van der Waals surface area contributed by atoms with Gasteiger partial charge in [0.05, 0.1) is 6.61 Å². The van der Waals surface area contributed by atoms with Crippen LogP contribution in [0.2, 0.25) is 0 Å². The Balaban J connectivity index is 2.16. The monoisotopic (exact) mass is 308 g/mol. The van der Waals surface area contributed by atoms with Gasteiger partial charge in [-0.2, -0.15) is 0 Å². The highest BCUT2D eigenvalue weighted by Crippen LogP contribution is 2.11. The Labute approximate surface area is 130 Å². The van der Waals surface area contributed by atoms with Crippen molar-refractivity contribution < 1.29 is 14.3 Å². The third-order valence-electron chi connectivity index (χ3n) is 3.15. The minimum Gasteiger partial charge on any atom is -0.463 e. The van der Waals surface area contributed by atoms with Crippen LogP contribution in [-0.2, 0) is 27.2 Å². The minimum atomic E-state index is -0.360. The summed E-state index contributed by atoms with van der Waals surface area (Å²) in [6, 6.07) is 8.26. The largest absolute Gasteiger partial charge is 0.463 e. The summed E-state index contributed by atoms with van der Waals surface area (Å²) >= 11 is 5.32. The molecule has 0 amide bonds. The third kappa shape index (κ3) is 8.30. The van der Waals surface area contributed by atoms with Crippen LogP contribution in [0.5, 0.6) is 0 Å². The molecule has 0 N–H and O–H groups in total. The molecule has 0 aliphatic heterocycles. The van der Waals surface area contributed by atoms with E-state index in [1.54, 1.807) is 0 Å². The molecule has 0 heterocycles. The lowest BCUT2D eigenvalue weighted by Crippen LogP contribution is -2.01. The number of ether oxygens (including phenoxy) is 1. The molecule has 3 nitrogen and oxygen atoms in total. The van der Waals surface area contributed by atoms with Crippen LogP contribution in [0.1, 0.15) is 36.8 Å². The van der Waals surface area contributed by atoms with Crippen molar-refractivity contribution in [2.75, 3.05) is 6.61 Å². The minimum absolute atomic E-state index is 0.295. The number of carbonyl (C=O) groups excluding carboxylic acids is 2. The highest BCUT2D eigenvalue weighted by molar-refractivity contribution is 6.63. The average Bonchev–Trinajstić information content (AvgIpc) is 2.49. The van der Waals surface area contributed by atoms with Crippen LogP contribution in [0.15, 0.2) is 36.9 Å². The Hall–Kier alpha value is -1.61. The molecule has 114 valence electrons. The highest BCUT2D eigenvalue weighted by atomic mass is 35.5. The van der Waals surface area contributed by atoms with Crippen LogP contribution in [0.4, 0.5) is 0 Å². The molecule has 21 heavy (non-hydrogen) atoms. The van der Waals surface area contributed by atoms with E-state index in [1.165, 1.54) is 11.6 Å². The number of esters is 1. The normalized spacial score (nSPS) is 10.1. The summed E-state index contributed by atoms with van der Waals surface area (Å²) in [7, 11) is 0. The Kier molecular flexibility index (Phi) is 8.44. The zero-order valence-corrected chi connectivity index (χ0v) is 12.9. The molecule has 0 aliphatic carbocycles. The van der Waals surface area contributed by atoms with E-state index in [1.807, 2.05) is 12.1 Å². The van der Waals surface area contributed by atoms with Gasteiger partial charge in [-0.3, -0.25) is 4.79 Å². The third-order valence-corrected chi connectivity index (χ3v) is 3.34. The summed E-state index contributed by atoms with van der Waals surface area (Å²) in [5.41, 5.74) is 2.41. The fourth-order valence-corrected chi connectivity index (χ4v) is 2.05. The van der Waals surface area contributed by atoms with E-state index < -0.39 is 0 Å². The van der Waals surface area contributed by atoms with Crippen molar-refractivity contribution in [2.24, 2.45) is 0 Å². The summed E-state index contributed by atoms with van der Waals surface area (Å²) in [6.07, 6.45) is 6.21. The van der Waals surface area contributed by atoms with E-state index in [-0.39, 0.29) is 11.2 Å². The Morgan fingerprint density at radius 2 is 1.67 bits per heavy atom. The number of benzene rings is 1. The molecule has 0 aromatic heterocycles. The molecular weight excluding hydrogens is 288 g/mol. The zero-order chi connectivity index (χ0) is 15.5. The van der Waals surface area contributed by atoms with Crippen molar-refractivity contribution in [1.29, 1.82) is 0 Å². The van der Waals surface area contributed by atoms with Gasteiger partial charge < -0.3 is 4.74 Å². The number of carbonyl (C=O) groups is 2. The first kappa shape index (κ1) is 17.4. The lowest BCUT2D eigenvalue weighted by Gasteiger charge is -2.04. The van der Waals surface area contributed by atoms with Gasteiger partial charge >= 0.3 is 5.97 Å². The van der Waals surface area contributed by atoms with Crippen molar-refractivity contribution in [1.82, 2.24) is 0 Å². The highest BCUT2D eigenvalue weighted by Gasteiger charge is 2.00. The molecule has 1 aromatic rings. The smallest absolute Gasteiger partial charge is 0.330 e. The quantitative estimate of drug-likeness (QED) is 0.285. The first-order valence-corrected chi connectivity index (χ1v) is 7.55. The number of halogens is 1. The molecule has 1 aromatic carbocycles. The van der Waals surface area contributed by atoms with Gasteiger partial charge in [-0.05, 0) is 54.8 Å². The maximum atomic E-state index is 10.8. The molecular formula is C17H21ClO3. The van der Waals surface area contributed by atoms with E-state index in [0.29, 0.717) is 19.4 Å². The molecule has 0 aliphatic rings. The van der Waals surface area contributed by atoms with Gasteiger partial charge in [0.2, 0.25) is 5.24 Å². The van der Waals surface area contributed by atoms with Gasteiger partial charge in [0, 0.05) is 12.5 Å². The first-order valence-electron chi connectivity index (χ1n) is 7.17. The SMILES string of the molecule is C=CC(=O)OCCCCCc1ccc(CCC(=O)Cl)cc1. The summed E-state index contributed by atoms with van der Waals surface area (Å²) in [6.45, 7) is 3.80. The number of rotatable bonds is 10. The first-order chi connectivity index (χ1) is 10.1. The van der Waals surface area contributed by atoms with Gasteiger partial charge in [0.25, 0.3) is 0 Å². The van der Waals surface area contributed by atoms with Gasteiger partial charge in [-0.1, -0.05) is 30.8 Å². The van der Waals surface area contributed by atoms with Gasteiger partial charge in [0.15, 0.2) is 0 Å². The summed E-state index contributed by atoms with van der Waals surface area (Å²) in [5, 5.41) is -0.295. The molecule has 0 bridgehead atoms. The number of aryl methyl sites for hydroxylation is 2. The number of hydrogen-bond acceptors (Lipinski definition) is 3. The van der Waals surface area contributed by atoms with Crippen molar-refractivity contribution in [3.05, 3.63) is 48.0 Å². The lowest BCUT2D eigenvalue weighted by molar-refractivity contribution is -0.137. The van der Waals surface area contributed by atoms with Crippen LogP contribution in [0.3, 0.4) is 0 Å². The van der Waals surface area contributed by atoms with E-state index >= 15 is 0 Å². The second-order valence-corrected chi connectivity index (χ2v) is 5.28. The Bertz CT molecular complexity index is 465. The topological polar surface area (TPSA) is 43.4 Å². The van der Waals surface area contributed by atoms with Gasteiger partial charge in [-0.25, -0.2) is 4.79 Å². The molecule has 0 saturated heterocycles. The number of unbranched alkanes of at least 4 members (excludes halogenated alkanes) is 2. The van der Waals surface area contributed by atoms with Crippen LogP contribution >= 0.6 is 11.6 Å². The summed E-state index contributed by atoms with van der Waals surface area (Å²) in [5.74, 6) is -0.360. The van der Waals surface area contributed by atoms with Crippen molar-refractivity contribution in [3.8, 4) is 0 Å². The van der Waals surface area contributed by atoms with Crippen LogP contribution in [0.25, 0.3) is 0 Å². The Morgan fingerprint density at radius 1 is 1.05 bits per heavy atom. The van der Waals surface area contributed by atoms with Gasteiger partial charge in [0.1, 0.15) is 0 Å². The fourth-order valence-electron chi connectivity index (χ4n) is 1.95. The Morgan fingerprint density at radius 3 is 2.24 bits per heavy atom. The molecule has 4 heteroatoms. The zero-order valence-electron chi connectivity index (χ0n) is 12.1. The maximum absolute atomic E-state index is 10.8. The molecule has 0 atom stereocenters. The summed E-state index contributed by atoms with van der Waals surface area (Å²) in [4.78, 5) is 21.5. The van der Waals surface area contributed by atoms with Crippen molar-refractivity contribution in [3.63, 3.8) is 0 Å². The average molecular weight is 309 g/mol. The lowest BCUT2D eigenvalue weighted by atomic mass is 10.0. The molecule has 0 spiro atoms. The van der Waals surface area contributed by atoms with Crippen LogP contribution in [0, 0.1) is 0 Å². The van der Waals surface area contributed by atoms with Crippen LogP contribution in [-0.4, -0.2) is 17.8 Å². The fraction of sp³-hybridized carbons (Fsp3) is 0.412. The molecule has 0 saturated carbocycles. The van der Waals surface area contributed by atoms with Gasteiger partial charge in [-0.15, -0.1) is 0 Å². The molecule has 1 rings (SSSR count). The van der Waals surface area contributed by atoms with E-state index in [9.17, 15) is 9.59 Å².